The van der Waals surface area contributed by atoms with Gasteiger partial charge in [0.2, 0.25) is 5.78 Å². The zero-order valence-electron chi connectivity index (χ0n) is 30.1. The van der Waals surface area contributed by atoms with E-state index in [1.807, 2.05) is 0 Å². The lowest BCUT2D eigenvalue weighted by Gasteiger charge is -2.37. The Bertz CT molecular complexity index is 638. The van der Waals surface area contributed by atoms with E-state index in [4.69, 9.17) is 13.3 Å². The van der Waals surface area contributed by atoms with Crippen molar-refractivity contribution in [3.05, 3.63) is 0 Å². The van der Waals surface area contributed by atoms with Crippen molar-refractivity contribution in [2.75, 3.05) is 32.1 Å². The summed E-state index contributed by atoms with van der Waals surface area (Å²) in [6.45, 7) is 15.9. The van der Waals surface area contributed by atoms with Gasteiger partial charge in [0.05, 0.1) is 0 Å². The first-order valence-corrected chi connectivity index (χ1v) is 21.6. The summed E-state index contributed by atoms with van der Waals surface area (Å²) in [7, 11) is -3.02. The molecule has 1 unspecified atom stereocenters. The zero-order chi connectivity index (χ0) is 32.7. The standard InChI is InChI=1S/C36H73NO5SSi/c1-7-11-15-17-19-21-23-25-30-40-44(33-27-32-43-36(39)34(5)38,41-31-26-24-22-20-18-16-12-8-2)42-35(6)37(28-13-9-3)29-14-10-4/h35H,7-33H2,1-6H3. The molecular weight excluding hydrogens is 587 g/mol. The lowest BCUT2D eigenvalue weighted by atomic mass is 10.1. The number of hydrogen-bond donors (Lipinski definition) is 0. The fourth-order valence-electron chi connectivity index (χ4n) is 5.33. The average Bonchev–Trinajstić information content (AvgIpc) is 3.01. The van der Waals surface area contributed by atoms with Crippen molar-refractivity contribution >= 4 is 31.5 Å². The average molecular weight is 660 g/mol. The second-order valence-electron chi connectivity index (χ2n) is 12.6. The Labute approximate surface area is 279 Å². The van der Waals surface area contributed by atoms with Gasteiger partial charge < -0.3 is 13.3 Å². The van der Waals surface area contributed by atoms with Gasteiger partial charge in [-0.2, -0.15) is 0 Å². The maximum Gasteiger partial charge on any atom is 0.502 e. The number of thioether (sulfide) groups is 1. The summed E-state index contributed by atoms with van der Waals surface area (Å²) in [5.41, 5.74) is 0. The van der Waals surface area contributed by atoms with E-state index in [0.29, 0.717) is 25.0 Å². The van der Waals surface area contributed by atoms with Gasteiger partial charge in [0.15, 0.2) is 0 Å². The Hall–Kier alpha value is -0.253. The fourth-order valence-corrected chi connectivity index (χ4v) is 9.08. The summed E-state index contributed by atoms with van der Waals surface area (Å²) in [6.07, 6.45) is 25.4. The number of nitrogens with zero attached hydrogens (tertiary/aromatic N) is 1. The highest BCUT2D eigenvalue weighted by atomic mass is 32.2. The molecule has 262 valence electrons. The molecule has 0 rings (SSSR count). The first-order chi connectivity index (χ1) is 21.4. The third-order valence-electron chi connectivity index (χ3n) is 8.25. The van der Waals surface area contributed by atoms with Crippen LogP contribution in [0.3, 0.4) is 0 Å². The van der Waals surface area contributed by atoms with E-state index in [1.165, 1.54) is 96.8 Å². The molecule has 0 saturated carbocycles. The molecule has 0 aromatic rings. The van der Waals surface area contributed by atoms with Gasteiger partial charge in [-0.1, -0.05) is 142 Å². The molecule has 0 saturated heterocycles. The second-order valence-corrected chi connectivity index (χ2v) is 16.3. The number of hydrogen-bond acceptors (Lipinski definition) is 7. The lowest BCUT2D eigenvalue weighted by Crippen LogP contribution is -2.52. The predicted molar refractivity (Wildman–Crippen MR) is 192 cm³/mol. The second kappa shape index (κ2) is 31.4. The minimum absolute atomic E-state index is 0.0802. The van der Waals surface area contributed by atoms with E-state index in [9.17, 15) is 9.59 Å². The van der Waals surface area contributed by atoms with E-state index in [1.54, 1.807) is 0 Å². The number of ketones is 1. The van der Waals surface area contributed by atoms with Crippen LogP contribution < -0.4 is 0 Å². The fraction of sp³-hybridized carbons (Fsp3) is 0.944. The van der Waals surface area contributed by atoms with Crippen LogP contribution in [-0.4, -0.2) is 62.9 Å². The topological polar surface area (TPSA) is 65.1 Å². The van der Waals surface area contributed by atoms with Crippen molar-refractivity contribution < 1.29 is 22.9 Å². The third-order valence-corrected chi connectivity index (χ3v) is 12.2. The van der Waals surface area contributed by atoms with Crippen LogP contribution in [0.15, 0.2) is 0 Å². The molecule has 0 bridgehead atoms. The van der Waals surface area contributed by atoms with Crippen molar-refractivity contribution in [3.8, 4) is 0 Å². The summed E-state index contributed by atoms with van der Waals surface area (Å²) < 4.78 is 20.4. The van der Waals surface area contributed by atoms with E-state index < -0.39 is 8.80 Å². The van der Waals surface area contributed by atoms with Gasteiger partial charge in [-0.15, -0.1) is 0 Å². The highest BCUT2D eigenvalue weighted by Gasteiger charge is 2.43. The molecule has 0 spiro atoms. The lowest BCUT2D eigenvalue weighted by molar-refractivity contribution is -0.130. The Morgan fingerprint density at radius 1 is 0.614 bits per heavy atom. The zero-order valence-corrected chi connectivity index (χ0v) is 31.9. The van der Waals surface area contributed by atoms with Crippen LogP contribution in [0, 0.1) is 0 Å². The van der Waals surface area contributed by atoms with Crippen LogP contribution in [0.5, 0.6) is 0 Å². The molecule has 44 heavy (non-hydrogen) atoms. The van der Waals surface area contributed by atoms with Crippen LogP contribution in [0.1, 0.15) is 176 Å². The summed E-state index contributed by atoms with van der Waals surface area (Å²) >= 11 is 1.12. The van der Waals surface area contributed by atoms with Crippen LogP contribution in [0.2, 0.25) is 6.04 Å². The molecule has 0 radical (unpaired) electrons. The molecule has 0 N–H and O–H groups in total. The highest BCUT2D eigenvalue weighted by molar-refractivity contribution is 8.15. The van der Waals surface area contributed by atoms with Gasteiger partial charge in [-0.05, 0) is 39.0 Å². The maximum absolute atomic E-state index is 12.0. The Kier molecular flexibility index (Phi) is 31.2. The molecule has 0 aromatic heterocycles. The molecule has 6 nitrogen and oxygen atoms in total. The van der Waals surface area contributed by atoms with E-state index in [2.05, 4.69) is 39.5 Å². The van der Waals surface area contributed by atoms with Gasteiger partial charge in [-0.25, -0.2) is 0 Å². The molecule has 0 aromatic carbocycles. The number of carbonyl (C=O) groups excluding carboxylic acids is 2. The normalized spacial score (nSPS) is 12.7. The summed E-state index contributed by atoms with van der Waals surface area (Å²) in [4.78, 5) is 25.9. The van der Waals surface area contributed by atoms with Crippen LogP contribution in [-0.2, 0) is 22.9 Å². The molecule has 0 aliphatic rings. The number of carbonyl (C=O) groups is 2. The van der Waals surface area contributed by atoms with Gasteiger partial charge in [-0.3, -0.25) is 14.5 Å². The van der Waals surface area contributed by atoms with Gasteiger partial charge >= 0.3 is 8.80 Å². The Morgan fingerprint density at radius 3 is 1.43 bits per heavy atom. The van der Waals surface area contributed by atoms with Gasteiger partial charge in [0, 0.05) is 45.0 Å². The van der Waals surface area contributed by atoms with Crippen LogP contribution >= 0.6 is 11.8 Å². The monoisotopic (exact) mass is 659 g/mol. The first-order valence-electron chi connectivity index (χ1n) is 18.7. The van der Waals surface area contributed by atoms with E-state index in [0.717, 1.165) is 69.8 Å². The Balaban J connectivity index is 5.44. The van der Waals surface area contributed by atoms with Crippen LogP contribution in [0.25, 0.3) is 0 Å². The van der Waals surface area contributed by atoms with Crippen LogP contribution in [0.4, 0.5) is 0 Å². The molecule has 0 fully saturated rings. The quantitative estimate of drug-likeness (QED) is 0.0295. The molecule has 0 amide bonds. The summed E-state index contributed by atoms with van der Waals surface area (Å²) in [6, 6.07) is 0.680. The predicted octanol–water partition coefficient (Wildman–Crippen LogP) is 10.7. The molecule has 0 aliphatic heterocycles. The minimum atomic E-state index is -3.02. The van der Waals surface area contributed by atoms with Crippen molar-refractivity contribution in [2.24, 2.45) is 0 Å². The molecular formula is C36H73NO5SSi. The molecule has 8 heteroatoms. The highest BCUT2D eigenvalue weighted by Crippen LogP contribution is 2.25. The van der Waals surface area contributed by atoms with Gasteiger partial charge in [0.1, 0.15) is 6.23 Å². The van der Waals surface area contributed by atoms with Crippen molar-refractivity contribution in [1.82, 2.24) is 4.90 Å². The Morgan fingerprint density at radius 2 is 1.02 bits per heavy atom. The van der Waals surface area contributed by atoms with Crippen molar-refractivity contribution in [3.63, 3.8) is 0 Å². The molecule has 1 atom stereocenters. The van der Waals surface area contributed by atoms with Crippen molar-refractivity contribution in [1.29, 1.82) is 0 Å². The summed E-state index contributed by atoms with van der Waals surface area (Å²) in [5, 5.41) is -0.364. The number of rotatable bonds is 34. The number of Topliss-reactive ketones (excluding diaryl/α,β-unsaturated/α-hetero) is 1. The minimum Gasteiger partial charge on any atom is -0.373 e. The smallest absolute Gasteiger partial charge is 0.373 e. The summed E-state index contributed by atoms with van der Waals surface area (Å²) in [5.74, 6) is 0.200. The van der Waals surface area contributed by atoms with Gasteiger partial charge in [0.25, 0.3) is 5.12 Å². The van der Waals surface area contributed by atoms with E-state index >= 15 is 0 Å². The molecule has 0 aliphatic carbocycles. The van der Waals surface area contributed by atoms with E-state index in [-0.39, 0.29) is 17.1 Å². The SMILES string of the molecule is CCCCCCCCCCO[Si](CCCSC(=O)C(C)=O)(OCCCCCCCCCC)OC(C)N(CCCC)CCCC. The van der Waals surface area contributed by atoms with Crippen molar-refractivity contribution in [2.45, 2.75) is 189 Å². The first kappa shape index (κ1) is 43.7. The largest absolute Gasteiger partial charge is 0.502 e. The number of unbranched alkanes of at least 4 members (excludes halogenated alkanes) is 16. The third kappa shape index (κ3) is 24.9. The maximum atomic E-state index is 12.0. The molecule has 0 heterocycles.